The van der Waals surface area contributed by atoms with Gasteiger partial charge >= 0.3 is 5.76 Å². The monoisotopic (exact) mass is 992 g/mol. The van der Waals surface area contributed by atoms with Crippen molar-refractivity contribution in [3.63, 3.8) is 0 Å². The summed E-state index contributed by atoms with van der Waals surface area (Å²) < 4.78 is 27.6. The minimum Gasteiger partial charge on any atom is -0.492 e. The average molecular weight is 994 g/mol. The minimum atomic E-state index is -2.73. The van der Waals surface area contributed by atoms with Gasteiger partial charge in [-0.3, -0.25) is 29.4 Å². The fraction of sp³-hybridized carbons (Fsp3) is 0.429. The summed E-state index contributed by atoms with van der Waals surface area (Å²) in [6.45, 7) is 17.0. The highest BCUT2D eigenvalue weighted by Crippen LogP contribution is 2.42. The standard InChI is InChI=1S/C49H58BrN10O6P/c1-6-32-27-38(54-48-51-29-35(50)46(56-48)53-37-12-11-36-34(10-8-30(3)52-36)45(37)67(4,5)64)42(65-7-2)28-41(32)59-20-17-33(18-21-59)58-24-22-57(23-25-58)19-16-31-9-13-39-43(26-31)66-49(63)60(39)40-14-15-44(61)55-47(40)62/h8-13,26-29,33,40H,6-7,14-25H2,1-5H3,(H,55,61,62)(H2,51,53,54,56). The van der Waals surface area contributed by atoms with Crippen molar-refractivity contribution in [3.8, 4) is 5.75 Å². The Morgan fingerprint density at radius 3 is 2.43 bits per heavy atom. The van der Waals surface area contributed by atoms with E-state index in [-0.39, 0.29) is 18.7 Å². The van der Waals surface area contributed by atoms with E-state index in [0.29, 0.717) is 45.7 Å². The number of piperazine rings is 1. The zero-order chi connectivity index (χ0) is 47.0. The van der Waals surface area contributed by atoms with Gasteiger partial charge in [0.2, 0.25) is 17.8 Å². The van der Waals surface area contributed by atoms with Crippen LogP contribution < -0.4 is 36.6 Å². The van der Waals surface area contributed by atoms with Gasteiger partial charge in [-0.25, -0.2) is 9.78 Å². The van der Waals surface area contributed by atoms with E-state index in [9.17, 15) is 18.9 Å². The highest BCUT2D eigenvalue weighted by atomic mass is 79.9. The quantitative estimate of drug-likeness (QED) is 0.0721. The summed E-state index contributed by atoms with van der Waals surface area (Å²) in [7, 11) is -2.73. The van der Waals surface area contributed by atoms with Crippen LogP contribution in [0.2, 0.25) is 0 Å². The first-order valence-corrected chi connectivity index (χ1v) is 26.7. The molecule has 1 atom stereocenters. The van der Waals surface area contributed by atoms with Gasteiger partial charge < -0.3 is 34.2 Å². The lowest BCUT2D eigenvalue weighted by atomic mass is 9.99. The number of nitrogens with one attached hydrogen (secondary N) is 3. The van der Waals surface area contributed by atoms with Crippen LogP contribution in [0.1, 0.15) is 62.4 Å². The molecule has 1 unspecified atom stereocenters. The number of imide groups is 1. The second kappa shape index (κ2) is 19.5. The normalized spacial score (nSPS) is 17.9. The summed E-state index contributed by atoms with van der Waals surface area (Å²) in [4.78, 5) is 58.7. The summed E-state index contributed by atoms with van der Waals surface area (Å²) in [5.74, 6) is 0.300. The van der Waals surface area contributed by atoms with Crippen LogP contribution in [0.25, 0.3) is 22.0 Å². The number of hydrogen-bond donors (Lipinski definition) is 3. The number of fused-ring (bicyclic) bond motifs is 2. The Kier molecular flexibility index (Phi) is 13.6. The number of carbonyl (C=O) groups excluding carboxylic acids is 2. The number of carbonyl (C=O) groups is 2. The number of ether oxygens (including phenoxy) is 1. The van der Waals surface area contributed by atoms with Gasteiger partial charge in [0.1, 0.15) is 24.8 Å². The smallest absolute Gasteiger partial charge is 0.420 e. The van der Waals surface area contributed by atoms with E-state index in [1.54, 1.807) is 19.5 Å². The van der Waals surface area contributed by atoms with Gasteiger partial charge in [-0.15, -0.1) is 0 Å². The molecule has 6 heterocycles. The molecule has 16 nitrogen and oxygen atoms in total. The Hall–Kier alpha value is -5.61. The van der Waals surface area contributed by atoms with Gasteiger partial charge in [0, 0.05) is 92.6 Å². The van der Waals surface area contributed by atoms with E-state index in [4.69, 9.17) is 14.1 Å². The zero-order valence-electron chi connectivity index (χ0n) is 38.7. The van der Waals surface area contributed by atoms with Crippen LogP contribution in [0.4, 0.5) is 28.8 Å². The van der Waals surface area contributed by atoms with E-state index in [2.05, 4.69) is 75.6 Å². The molecule has 0 aliphatic carbocycles. The number of piperidine rings is 2. The van der Waals surface area contributed by atoms with Crippen LogP contribution in [0.5, 0.6) is 5.75 Å². The summed E-state index contributed by atoms with van der Waals surface area (Å²) in [5.41, 5.74) is 7.72. The number of aromatic nitrogens is 4. The Labute approximate surface area is 398 Å². The number of pyridine rings is 1. The van der Waals surface area contributed by atoms with Gasteiger partial charge in [-0.05, 0) is 123 Å². The fourth-order valence-corrected chi connectivity index (χ4v) is 11.6. The Bertz CT molecular complexity index is 2950. The molecule has 3 aromatic heterocycles. The number of benzene rings is 3. The molecule has 352 valence electrons. The van der Waals surface area contributed by atoms with Gasteiger partial charge in [-0.1, -0.05) is 19.1 Å². The van der Waals surface area contributed by atoms with Crippen molar-refractivity contribution in [1.29, 1.82) is 0 Å². The molecule has 3 aromatic carbocycles. The first-order valence-electron chi connectivity index (χ1n) is 23.3. The van der Waals surface area contributed by atoms with E-state index >= 15 is 0 Å². The van der Waals surface area contributed by atoms with Crippen LogP contribution in [0.3, 0.4) is 0 Å². The maximum atomic E-state index is 13.7. The molecule has 67 heavy (non-hydrogen) atoms. The minimum absolute atomic E-state index is 0.190. The lowest BCUT2D eigenvalue weighted by molar-refractivity contribution is -0.135. The summed E-state index contributed by atoms with van der Waals surface area (Å²) in [5, 5.41) is 10.8. The third-order valence-corrected chi connectivity index (χ3v) is 15.4. The summed E-state index contributed by atoms with van der Waals surface area (Å²) in [6.07, 6.45) is 6.01. The highest BCUT2D eigenvalue weighted by molar-refractivity contribution is 9.10. The van der Waals surface area contributed by atoms with E-state index < -0.39 is 24.8 Å². The first kappa shape index (κ1) is 46.5. The number of aryl methyl sites for hydroxylation is 2. The predicted octanol–water partition coefficient (Wildman–Crippen LogP) is 7.51. The van der Waals surface area contributed by atoms with Crippen molar-refractivity contribution in [1.82, 2.24) is 34.6 Å². The van der Waals surface area contributed by atoms with E-state index in [1.807, 2.05) is 56.3 Å². The Balaban J connectivity index is 0.812. The molecule has 3 aliphatic rings. The Morgan fingerprint density at radius 2 is 1.70 bits per heavy atom. The van der Waals surface area contributed by atoms with E-state index in [1.165, 1.54) is 15.8 Å². The molecule has 3 aliphatic heterocycles. The molecular weight excluding hydrogens is 935 g/mol. The van der Waals surface area contributed by atoms with Crippen LogP contribution in [-0.2, 0) is 27.0 Å². The highest BCUT2D eigenvalue weighted by Gasteiger charge is 2.32. The molecule has 3 saturated heterocycles. The molecule has 0 bridgehead atoms. The molecule has 0 spiro atoms. The maximum Gasteiger partial charge on any atom is 0.420 e. The van der Waals surface area contributed by atoms with Crippen molar-refractivity contribution in [2.24, 2.45) is 0 Å². The Morgan fingerprint density at radius 1 is 0.910 bits per heavy atom. The van der Waals surface area contributed by atoms with E-state index in [0.717, 1.165) is 110 Å². The molecule has 0 radical (unpaired) electrons. The summed E-state index contributed by atoms with van der Waals surface area (Å²) in [6, 6.07) is 17.6. The van der Waals surface area contributed by atoms with Crippen LogP contribution in [0, 0.1) is 6.92 Å². The number of nitrogens with zero attached hydrogens (tertiary/aromatic N) is 7. The molecule has 3 fully saturated rings. The number of oxazole rings is 1. The molecular formula is C49H58BrN10O6P. The van der Waals surface area contributed by atoms with Gasteiger partial charge in [0.15, 0.2) is 5.58 Å². The second-order valence-corrected chi connectivity index (χ2v) is 22.1. The maximum absolute atomic E-state index is 13.7. The fourth-order valence-electron chi connectivity index (χ4n) is 9.87. The van der Waals surface area contributed by atoms with Crippen LogP contribution in [-0.4, -0.2) is 113 Å². The largest absolute Gasteiger partial charge is 0.492 e. The number of rotatable bonds is 14. The van der Waals surface area contributed by atoms with Crippen molar-refractivity contribution in [3.05, 3.63) is 92.6 Å². The van der Waals surface area contributed by atoms with Gasteiger partial charge in [0.05, 0.1) is 33.5 Å². The molecule has 18 heteroatoms. The van der Waals surface area contributed by atoms with Crippen LogP contribution in [0.15, 0.2) is 74.5 Å². The van der Waals surface area contributed by atoms with Crippen molar-refractivity contribution >= 4 is 91.0 Å². The van der Waals surface area contributed by atoms with Crippen LogP contribution >= 0.6 is 23.1 Å². The number of hydrogen-bond acceptors (Lipinski definition) is 14. The summed E-state index contributed by atoms with van der Waals surface area (Å²) >= 11 is 3.63. The predicted molar refractivity (Wildman–Crippen MR) is 268 cm³/mol. The first-order chi connectivity index (χ1) is 32.3. The molecule has 6 aromatic rings. The van der Waals surface area contributed by atoms with Crippen molar-refractivity contribution < 1.29 is 23.3 Å². The van der Waals surface area contributed by atoms with Gasteiger partial charge in [0.25, 0.3) is 0 Å². The van der Waals surface area contributed by atoms with Crippen molar-refractivity contribution in [2.45, 2.75) is 71.4 Å². The number of halogens is 1. The third kappa shape index (κ3) is 10.0. The second-order valence-electron chi connectivity index (χ2n) is 18.1. The SMILES string of the molecule is CCOc1cc(N2CCC(N3CCN(CCc4ccc5c(c4)oc(=O)n5C4CCC(=O)NC4=O)CC3)CC2)c(CC)cc1Nc1ncc(Br)c(Nc2ccc3nc(C)ccc3c2P(C)(C)=O)n1. The number of amides is 2. The van der Waals surface area contributed by atoms with Crippen molar-refractivity contribution in [2.75, 3.05) is 81.3 Å². The molecule has 2 amide bonds. The molecule has 3 N–H and O–H groups in total. The third-order valence-electron chi connectivity index (χ3n) is 13.3. The average Bonchev–Trinajstić information content (AvgIpc) is 3.64. The number of anilines is 5. The van der Waals surface area contributed by atoms with Gasteiger partial charge in [-0.2, -0.15) is 4.98 Å². The topological polar surface area (TPSA) is 180 Å². The molecule has 9 rings (SSSR count). The lowest BCUT2D eigenvalue weighted by Crippen LogP contribution is -2.53. The zero-order valence-corrected chi connectivity index (χ0v) is 41.2. The molecule has 0 saturated carbocycles. The lowest BCUT2D eigenvalue weighted by Gasteiger charge is -2.43.